The summed E-state index contributed by atoms with van der Waals surface area (Å²) in [4.78, 5) is 0. The van der Waals surface area contributed by atoms with Gasteiger partial charge in [0.25, 0.3) is 0 Å². The Hall–Kier alpha value is 1.74. The Morgan fingerprint density at radius 1 is 0.471 bits per heavy atom. The summed E-state index contributed by atoms with van der Waals surface area (Å²) in [6.45, 7) is 0. The van der Waals surface area contributed by atoms with Gasteiger partial charge in [-0.2, -0.15) is 9.90 Å². The molecule has 0 aliphatic rings. The van der Waals surface area contributed by atoms with Crippen molar-refractivity contribution in [1.29, 1.82) is 0 Å². The van der Waals surface area contributed by atoms with Crippen LogP contribution in [0.5, 0.6) is 0 Å². The minimum Gasteiger partial charge on any atom is 6.00 e. The zero-order valence-corrected chi connectivity index (χ0v) is 17.6. The van der Waals surface area contributed by atoms with Crippen LogP contribution >= 0.6 is 9.90 Å². The minimum absolute atomic E-state index is 0. The zero-order chi connectivity index (χ0) is 13.5. The summed E-state index contributed by atoms with van der Waals surface area (Å²) in [5.41, 5.74) is 0. The van der Waals surface area contributed by atoms with Gasteiger partial charge < -0.3 is 0 Å². The van der Waals surface area contributed by atoms with E-state index < -0.39 is 50.2 Å². The molecule has 0 rings (SSSR count). The molecule has 0 amide bonds. The molecule has 0 aromatic rings. The maximum Gasteiger partial charge on any atom is 6.00 e. The van der Waals surface area contributed by atoms with Crippen LogP contribution in [0.15, 0.2) is 0 Å². The van der Waals surface area contributed by atoms with Gasteiger partial charge in [0, 0.05) is 0 Å². The quantitative estimate of drug-likeness (QED) is 0.169. The molecule has 0 spiro atoms. The smallest absolute Gasteiger partial charge is 6.00 e. The summed E-state index contributed by atoms with van der Waals surface area (Å²) in [6.07, 6.45) is 0. The Bertz CT molecular complexity index is 343. The van der Waals surface area contributed by atoms with Gasteiger partial charge in [0.1, 0.15) is 0 Å². The third-order valence-electron chi connectivity index (χ3n) is 0. The summed E-state index contributed by atoms with van der Waals surface area (Å²) >= 11 is -18.1. The monoisotopic (exact) mass is 704 g/mol. The maximum absolute atomic E-state index is 8.63. The van der Waals surface area contributed by atoms with Crippen molar-refractivity contribution in [1.82, 2.24) is 0 Å². The van der Waals surface area contributed by atoms with E-state index in [1.54, 1.807) is 0 Å². The molecule has 12 nitrogen and oxygen atoms in total. The molecule has 0 N–H and O–H groups in total. The topological polar surface area (TPSA) is 241 Å². The average molecular weight is 698 g/mol. The molecule has 1 unspecified atom stereocenters. The second-order valence-electron chi connectivity index (χ2n) is 1.22. The van der Waals surface area contributed by atoms with Crippen LogP contribution in [0.3, 0.4) is 0 Å². The molecule has 0 aromatic carbocycles. The normalized spacial score (nSPS) is 10.2. The third kappa shape index (κ3) is 1450. The molecule has 17 heteroatoms. The van der Waals surface area contributed by atoms with E-state index in [1.807, 2.05) is 0 Å². The van der Waals surface area contributed by atoms with E-state index in [4.69, 9.17) is 42.9 Å². The van der Waals surface area contributed by atoms with Crippen LogP contribution in [-0.2, 0) is 91.7 Å². The molecular weight excluding hydrogens is 695 g/mol. The van der Waals surface area contributed by atoms with E-state index in [0.717, 1.165) is 0 Å². The molecule has 0 aliphatic heterocycles. The van der Waals surface area contributed by atoms with Gasteiger partial charge in [-0.15, -0.1) is 0 Å². The Labute approximate surface area is 123 Å². The van der Waals surface area contributed by atoms with Crippen LogP contribution < -0.4 is 22.6 Å². The largest absolute Gasteiger partial charge is 6.00 e. The molecule has 0 saturated carbocycles. The van der Waals surface area contributed by atoms with E-state index in [0.29, 0.717) is 0 Å². The van der Waals surface area contributed by atoms with Gasteiger partial charge in [0.05, 0.1) is 0 Å². The van der Waals surface area contributed by atoms with Crippen LogP contribution in [0, 0.1) is 0 Å². The van der Waals surface area contributed by atoms with Gasteiger partial charge in [0.2, 0.25) is 0 Å². The average Bonchev–Trinajstić information content (AvgIpc) is 1.41. The predicted octanol–water partition coefficient (Wildman–Crippen LogP) is -7.80. The second-order valence-corrected chi connectivity index (χ2v) is 7.25. The van der Waals surface area contributed by atoms with Crippen molar-refractivity contribution in [3.63, 3.8) is 0 Å². The van der Waals surface area contributed by atoms with Crippen molar-refractivity contribution < 1.29 is 114 Å². The Balaban J connectivity index is -0.0000000400. The van der Waals surface area contributed by atoms with Crippen molar-refractivity contribution in [2.45, 2.75) is 0 Å². The van der Waals surface area contributed by atoms with E-state index in [1.165, 1.54) is 0 Å². The second kappa shape index (κ2) is 12.8. The summed E-state index contributed by atoms with van der Waals surface area (Å²) in [7, 11) is 0. The van der Waals surface area contributed by atoms with Gasteiger partial charge in [0.15, 0.2) is 0 Å². The molecule has 0 aromatic heterocycles. The number of rotatable bonds is 0. The van der Waals surface area contributed by atoms with Crippen molar-refractivity contribution >= 4 is 9.90 Å². The Morgan fingerprint density at radius 2 is 0.471 bits per heavy atom. The molecule has 1 atom stereocenters. The standard InChI is InChI=1S/3Mo.12O.H3P.W/h;;;;;;;;;;;;;;;1H3;/q;;;;;;;;;6*-1;;+6. The number of hydrogen-bond acceptors (Lipinski definition) is 12. The van der Waals surface area contributed by atoms with Crippen LogP contribution in [0.2, 0.25) is 0 Å². The maximum atomic E-state index is 8.63. The first kappa shape index (κ1) is 31.2. The summed E-state index contributed by atoms with van der Waals surface area (Å²) in [5.74, 6) is 0. The predicted molar refractivity (Wildman–Crippen MR) is 15.2 cm³/mol. The van der Waals surface area contributed by atoms with E-state index in [2.05, 4.69) is 0 Å². The molecule has 17 heavy (non-hydrogen) atoms. The molecule has 0 fully saturated rings. The first-order valence-electron chi connectivity index (χ1n) is 2.00. The van der Waals surface area contributed by atoms with E-state index in [9.17, 15) is 0 Å². The van der Waals surface area contributed by atoms with E-state index in [-0.39, 0.29) is 31.0 Å². The third-order valence-corrected chi connectivity index (χ3v) is 0. The summed E-state index contributed by atoms with van der Waals surface area (Å²) < 4.78 is 104. The zero-order valence-electron chi connectivity index (χ0n) is 7.24. The first-order valence-corrected chi connectivity index (χ1v) is 11.8. The van der Waals surface area contributed by atoms with Crippen molar-refractivity contribution in [2.75, 3.05) is 0 Å². The van der Waals surface area contributed by atoms with Gasteiger partial charge in [-0.05, 0) is 0 Å². The Morgan fingerprint density at radius 3 is 0.471 bits per heavy atom. The first-order chi connectivity index (χ1) is 6.00. The Kier molecular flexibility index (Phi) is 23.5. The number of hydrogen-bond donors (Lipinski definition) is 0. The molecule has 0 bridgehead atoms. The van der Waals surface area contributed by atoms with Crippen LogP contribution in [0.25, 0.3) is 0 Å². The van der Waals surface area contributed by atoms with E-state index >= 15 is 0 Å². The van der Waals surface area contributed by atoms with Gasteiger partial charge in [-0.1, -0.05) is 0 Å². The molecule has 0 radical (unpaired) electrons. The van der Waals surface area contributed by atoms with Crippen LogP contribution in [0.1, 0.15) is 0 Å². The van der Waals surface area contributed by atoms with Crippen LogP contribution in [-0.4, -0.2) is 0 Å². The fourth-order valence-corrected chi connectivity index (χ4v) is 0. The van der Waals surface area contributed by atoms with Crippen LogP contribution in [0.4, 0.5) is 0 Å². The fourth-order valence-electron chi connectivity index (χ4n) is 0. The van der Waals surface area contributed by atoms with Gasteiger partial charge >= 0.3 is 114 Å². The molecule has 0 saturated heterocycles. The SMILES string of the molecule is P.[O]=[Mo](=[O])([O-])[O-].[O]=[Mo](=[O])([O-])[O-].[O]=[Mo](=[O])([O-])[O-].[W+6]. The molecular formula is H3Mo3O12PW. The van der Waals surface area contributed by atoms with Gasteiger partial charge in [-0.3, -0.25) is 0 Å². The van der Waals surface area contributed by atoms with Crippen molar-refractivity contribution in [2.24, 2.45) is 0 Å². The summed E-state index contributed by atoms with van der Waals surface area (Å²) in [6, 6.07) is 0. The van der Waals surface area contributed by atoms with Gasteiger partial charge in [-0.25, -0.2) is 0 Å². The molecule has 104 valence electrons. The summed E-state index contributed by atoms with van der Waals surface area (Å²) in [5, 5.41) is 0. The van der Waals surface area contributed by atoms with Crippen molar-refractivity contribution in [3.8, 4) is 0 Å². The van der Waals surface area contributed by atoms with Crippen molar-refractivity contribution in [3.05, 3.63) is 0 Å². The fraction of sp³-hybridized carbons (Fsp3) is 0. The minimum atomic E-state index is -6.02. The molecule has 0 heterocycles. The molecule has 0 aliphatic carbocycles.